The molecule has 144 valence electrons. The Morgan fingerprint density at radius 3 is 2.41 bits per heavy atom. The highest BCUT2D eigenvalue weighted by molar-refractivity contribution is 6.32. The van der Waals surface area contributed by atoms with Crippen molar-refractivity contribution in [1.29, 1.82) is 0 Å². The van der Waals surface area contributed by atoms with Gasteiger partial charge in [0.05, 0.1) is 18.2 Å². The summed E-state index contributed by atoms with van der Waals surface area (Å²) in [7, 11) is 0. The zero-order valence-corrected chi connectivity index (χ0v) is 16.4. The smallest absolute Gasteiger partial charge is 0.179 e. The van der Waals surface area contributed by atoms with Crippen molar-refractivity contribution >= 4 is 17.3 Å². The van der Waals surface area contributed by atoms with Gasteiger partial charge in [-0.15, -0.1) is 0 Å². The lowest BCUT2D eigenvalue weighted by Gasteiger charge is -2.28. The number of ether oxygens (including phenoxy) is 2. The lowest BCUT2D eigenvalue weighted by Crippen LogP contribution is -2.29. The predicted molar refractivity (Wildman–Crippen MR) is 110 cm³/mol. The Bertz CT molecular complexity index is 758. The molecular formula is C22H27ClN2O2. The highest BCUT2D eigenvalue weighted by Crippen LogP contribution is 2.38. The van der Waals surface area contributed by atoms with E-state index < -0.39 is 0 Å². The summed E-state index contributed by atoms with van der Waals surface area (Å²) in [6.45, 7) is 5.25. The van der Waals surface area contributed by atoms with E-state index in [0.29, 0.717) is 24.0 Å². The summed E-state index contributed by atoms with van der Waals surface area (Å²) < 4.78 is 11.5. The maximum atomic E-state index is 6.37. The average Bonchev–Trinajstić information content (AvgIpc) is 2.95. The molecule has 5 heteroatoms. The first kappa shape index (κ1) is 18.5. The molecule has 0 unspecified atom stereocenters. The molecule has 2 aromatic rings. The molecule has 2 aromatic carbocycles. The first-order valence-electron chi connectivity index (χ1n) is 9.92. The third-order valence-electron chi connectivity index (χ3n) is 5.18. The SMILES string of the molecule is Clc1cc(CNCc2ccc(N3CCCCC3)cc2)cc2c1OCCCO2. The molecular weight excluding hydrogens is 360 g/mol. The summed E-state index contributed by atoms with van der Waals surface area (Å²) in [4.78, 5) is 2.49. The first-order valence-corrected chi connectivity index (χ1v) is 10.3. The molecule has 0 aromatic heterocycles. The van der Waals surface area contributed by atoms with E-state index in [1.54, 1.807) is 0 Å². The van der Waals surface area contributed by atoms with Crippen LogP contribution in [-0.2, 0) is 13.1 Å². The normalized spacial score (nSPS) is 16.9. The van der Waals surface area contributed by atoms with Gasteiger partial charge in [-0.1, -0.05) is 23.7 Å². The molecule has 0 radical (unpaired) electrons. The molecule has 0 saturated carbocycles. The minimum Gasteiger partial charge on any atom is -0.489 e. The van der Waals surface area contributed by atoms with Crippen LogP contribution in [0.3, 0.4) is 0 Å². The molecule has 0 spiro atoms. The van der Waals surface area contributed by atoms with Gasteiger partial charge in [0, 0.05) is 38.3 Å². The van der Waals surface area contributed by atoms with Crippen LogP contribution in [0.15, 0.2) is 36.4 Å². The number of fused-ring (bicyclic) bond motifs is 1. The molecule has 0 atom stereocenters. The summed E-state index contributed by atoms with van der Waals surface area (Å²) in [6, 6.07) is 12.9. The van der Waals surface area contributed by atoms with Crippen LogP contribution in [0.5, 0.6) is 11.5 Å². The standard InChI is InChI=1S/C22H27ClN2O2/c23-20-13-18(14-21-22(20)27-12-4-11-26-21)16-24-15-17-5-7-19(8-6-17)25-9-2-1-3-10-25/h5-8,13-14,24H,1-4,9-12,15-16H2. The van der Waals surface area contributed by atoms with E-state index in [1.807, 2.05) is 12.1 Å². The van der Waals surface area contributed by atoms with Crippen LogP contribution in [0, 0.1) is 0 Å². The van der Waals surface area contributed by atoms with Crippen molar-refractivity contribution in [2.45, 2.75) is 38.8 Å². The zero-order chi connectivity index (χ0) is 18.5. The minimum atomic E-state index is 0.622. The second-order valence-corrected chi connectivity index (χ2v) is 7.68. The second-order valence-electron chi connectivity index (χ2n) is 7.27. The molecule has 4 nitrogen and oxygen atoms in total. The number of hydrogen-bond acceptors (Lipinski definition) is 4. The molecule has 4 rings (SSSR count). The van der Waals surface area contributed by atoms with Crippen molar-refractivity contribution in [3.05, 3.63) is 52.5 Å². The second kappa shape index (κ2) is 8.85. The third-order valence-corrected chi connectivity index (χ3v) is 5.46. The van der Waals surface area contributed by atoms with Gasteiger partial charge in [0.2, 0.25) is 0 Å². The van der Waals surface area contributed by atoms with Crippen molar-refractivity contribution in [2.75, 3.05) is 31.2 Å². The van der Waals surface area contributed by atoms with Gasteiger partial charge in [0.15, 0.2) is 11.5 Å². The number of anilines is 1. The van der Waals surface area contributed by atoms with Crippen LogP contribution in [0.4, 0.5) is 5.69 Å². The van der Waals surface area contributed by atoms with Crippen LogP contribution < -0.4 is 19.7 Å². The Hall–Kier alpha value is -1.91. The number of nitrogens with one attached hydrogen (secondary N) is 1. The Morgan fingerprint density at radius 1 is 0.852 bits per heavy atom. The Kier molecular flexibility index (Phi) is 6.05. The summed E-state index contributed by atoms with van der Waals surface area (Å²) in [5.41, 5.74) is 3.73. The first-order chi connectivity index (χ1) is 13.3. The highest BCUT2D eigenvalue weighted by atomic mass is 35.5. The lowest BCUT2D eigenvalue weighted by atomic mass is 10.1. The number of nitrogens with zero attached hydrogens (tertiary/aromatic N) is 1. The zero-order valence-electron chi connectivity index (χ0n) is 15.7. The topological polar surface area (TPSA) is 33.7 Å². The summed E-state index contributed by atoms with van der Waals surface area (Å²) >= 11 is 6.37. The van der Waals surface area contributed by atoms with Crippen LogP contribution >= 0.6 is 11.6 Å². The number of halogens is 1. The summed E-state index contributed by atoms with van der Waals surface area (Å²) in [6.07, 6.45) is 4.86. The highest BCUT2D eigenvalue weighted by Gasteiger charge is 2.15. The van der Waals surface area contributed by atoms with Crippen molar-refractivity contribution < 1.29 is 9.47 Å². The van der Waals surface area contributed by atoms with Crippen molar-refractivity contribution in [3.8, 4) is 11.5 Å². The summed E-state index contributed by atoms with van der Waals surface area (Å²) in [5, 5.41) is 4.12. The third kappa shape index (κ3) is 4.69. The molecule has 2 aliphatic heterocycles. The van der Waals surface area contributed by atoms with Crippen molar-refractivity contribution in [2.24, 2.45) is 0 Å². The van der Waals surface area contributed by atoms with E-state index in [1.165, 1.54) is 43.6 Å². The van der Waals surface area contributed by atoms with Gasteiger partial charge in [0.25, 0.3) is 0 Å². The van der Waals surface area contributed by atoms with Crippen molar-refractivity contribution in [1.82, 2.24) is 5.32 Å². The van der Waals surface area contributed by atoms with E-state index in [9.17, 15) is 0 Å². The van der Waals surface area contributed by atoms with E-state index in [2.05, 4.69) is 34.5 Å². The lowest BCUT2D eigenvalue weighted by molar-refractivity contribution is 0.297. The molecule has 0 aliphatic carbocycles. The molecule has 2 heterocycles. The maximum absolute atomic E-state index is 6.37. The van der Waals surface area contributed by atoms with Gasteiger partial charge >= 0.3 is 0 Å². The fraction of sp³-hybridized carbons (Fsp3) is 0.455. The molecule has 0 bridgehead atoms. The molecule has 2 aliphatic rings. The Labute approximate surface area is 166 Å². The number of rotatable bonds is 5. The summed E-state index contributed by atoms with van der Waals surface area (Å²) in [5.74, 6) is 1.42. The molecule has 0 amide bonds. The van der Waals surface area contributed by atoms with Gasteiger partial charge in [-0.05, 0) is 54.7 Å². The minimum absolute atomic E-state index is 0.622. The number of benzene rings is 2. The number of piperidine rings is 1. The predicted octanol–water partition coefficient (Wildman–Crippen LogP) is 4.78. The average molecular weight is 387 g/mol. The molecule has 1 fully saturated rings. The van der Waals surface area contributed by atoms with Gasteiger partial charge in [-0.2, -0.15) is 0 Å². The van der Waals surface area contributed by atoms with Gasteiger partial charge in [0.1, 0.15) is 0 Å². The van der Waals surface area contributed by atoms with E-state index in [0.717, 1.165) is 30.8 Å². The molecule has 1 N–H and O–H groups in total. The number of hydrogen-bond donors (Lipinski definition) is 1. The Morgan fingerprint density at radius 2 is 1.59 bits per heavy atom. The van der Waals surface area contributed by atoms with Crippen LogP contribution in [0.25, 0.3) is 0 Å². The van der Waals surface area contributed by atoms with Crippen LogP contribution in [-0.4, -0.2) is 26.3 Å². The van der Waals surface area contributed by atoms with E-state index in [4.69, 9.17) is 21.1 Å². The Balaban J connectivity index is 1.33. The van der Waals surface area contributed by atoms with E-state index in [-0.39, 0.29) is 0 Å². The van der Waals surface area contributed by atoms with Gasteiger partial charge in [-0.3, -0.25) is 0 Å². The van der Waals surface area contributed by atoms with Crippen LogP contribution in [0.1, 0.15) is 36.8 Å². The largest absolute Gasteiger partial charge is 0.489 e. The fourth-order valence-corrected chi connectivity index (χ4v) is 4.00. The van der Waals surface area contributed by atoms with Crippen molar-refractivity contribution in [3.63, 3.8) is 0 Å². The van der Waals surface area contributed by atoms with E-state index >= 15 is 0 Å². The van der Waals surface area contributed by atoms with Gasteiger partial charge < -0.3 is 19.7 Å². The van der Waals surface area contributed by atoms with Crippen LogP contribution in [0.2, 0.25) is 5.02 Å². The maximum Gasteiger partial charge on any atom is 0.179 e. The monoisotopic (exact) mass is 386 g/mol. The van der Waals surface area contributed by atoms with Gasteiger partial charge in [-0.25, -0.2) is 0 Å². The molecule has 1 saturated heterocycles. The quantitative estimate of drug-likeness (QED) is 0.801. The fourth-order valence-electron chi connectivity index (χ4n) is 3.71. The molecule has 27 heavy (non-hydrogen) atoms.